The zero-order valence-corrected chi connectivity index (χ0v) is 20.3. The molecular weight excluding hydrogens is 507 g/mol. The van der Waals surface area contributed by atoms with Gasteiger partial charge in [-0.3, -0.25) is 14.4 Å². The van der Waals surface area contributed by atoms with Gasteiger partial charge in [0, 0.05) is 33.1 Å². The molecular formula is C22H28F3N3O7S. The first-order chi connectivity index (χ1) is 16.8. The Morgan fingerprint density at radius 3 is 2.22 bits per heavy atom. The van der Waals surface area contributed by atoms with Crippen LogP contribution in [0.2, 0.25) is 0 Å². The van der Waals surface area contributed by atoms with Crippen molar-refractivity contribution in [2.24, 2.45) is 11.8 Å². The van der Waals surface area contributed by atoms with E-state index in [4.69, 9.17) is 5.11 Å². The van der Waals surface area contributed by atoms with Gasteiger partial charge >= 0.3 is 12.3 Å². The van der Waals surface area contributed by atoms with Gasteiger partial charge in [0.2, 0.25) is 21.8 Å². The summed E-state index contributed by atoms with van der Waals surface area (Å²) in [6, 6.07) is 2.42. The van der Waals surface area contributed by atoms with Crippen molar-refractivity contribution in [3.8, 4) is 5.75 Å². The largest absolute Gasteiger partial charge is 0.573 e. The second-order valence-corrected chi connectivity index (χ2v) is 10.8. The smallest absolute Gasteiger partial charge is 0.481 e. The van der Waals surface area contributed by atoms with Gasteiger partial charge in [-0.1, -0.05) is 0 Å². The molecule has 0 bridgehead atoms. The van der Waals surface area contributed by atoms with E-state index in [9.17, 15) is 36.0 Å². The number of carbonyl (C=O) groups excluding carboxylic acids is 2. The summed E-state index contributed by atoms with van der Waals surface area (Å²) >= 11 is 0. The van der Waals surface area contributed by atoms with E-state index >= 15 is 0 Å². The third-order valence-electron chi connectivity index (χ3n) is 6.50. The third kappa shape index (κ3) is 6.87. The fourth-order valence-corrected chi connectivity index (χ4v) is 6.05. The number of carbonyl (C=O) groups is 3. The van der Waals surface area contributed by atoms with Crippen LogP contribution in [-0.2, 0) is 24.4 Å². The van der Waals surface area contributed by atoms with Gasteiger partial charge in [-0.25, -0.2) is 8.42 Å². The van der Waals surface area contributed by atoms with Crippen molar-refractivity contribution >= 4 is 27.8 Å². The van der Waals surface area contributed by atoms with Crippen LogP contribution >= 0.6 is 0 Å². The second-order valence-electron chi connectivity index (χ2n) is 8.92. The molecule has 1 aromatic carbocycles. The number of carboxylic acids is 1. The number of ether oxygens (including phenoxy) is 1. The Labute approximate surface area is 206 Å². The molecule has 3 rings (SSSR count). The number of halogens is 3. The van der Waals surface area contributed by atoms with Gasteiger partial charge < -0.3 is 20.1 Å². The molecule has 0 aromatic heterocycles. The lowest BCUT2D eigenvalue weighted by atomic mass is 9.82. The second kappa shape index (κ2) is 11.0. The van der Waals surface area contributed by atoms with E-state index in [2.05, 4.69) is 10.1 Å². The molecule has 2 amide bonds. The van der Waals surface area contributed by atoms with E-state index in [-0.39, 0.29) is 42.9 Å². The monoisotopic (exact) mass is 535 g/mol. The Bertz CT molecular complexity index is 1070. The first-order valence-corrected chi connectivity index (χ1v) is 12.9. The number of aliphatic carboxylic acids is 1. The van der Waals surface area contributed by atoms with Gasteiger partial charge in [0.25, 0.3) is 0 Å². The maximum atomic E-state index is 13.3. The molecule has 1 atom stereocenters. The van der Waals surface area contributed by atoms with E-state index in [1.54, 1.807) is 0 Å². The van der Waals surface area contributed by atoms with Gasteiger partial charge in [0.1, 0.15) is 11.8 Å². The van der Waals surface area contributed by atoms with Gasteiger partial charge in [0.15, 0.2) is 0 Å². The van der Waals surface area contributed by atoms with Crippen molar-refractivity contribution in [2.45, 2.75) is 49.9 Å². The minimum Gasteiger partial charge on any atom is -0.481 e. The predicted octanol–water partition coefficient (Wildman–Crippen LogP) is 1.81. The molecule has 1 aliphatic carbocycles. The molecule has 1 unspecified atom stereocenters. The summed E-state index contributed by atoms with van der Waals surface area (Å²) in [5, 5.41) is 11.9. The van der Waals surface area contributed by atoms with Gasteiger partial charge in [-0.05, 0) is 55.9 Å². The zero-order valence-electron chi connectivity index (χ0n) is 19.5. The third-order valence-corrected chi connectivity index (χ3v) is 8.43. The van der Waals surface area contributed by atoms with Crippen LogP contribution in [0.3, 0.4) is 0 Å². The van der Waals surface area contributed by atoms with Crippen molar-refractivity contribution in [2.75, 3.05) is 26.2 Å². The number of carboxylic acid groups (broad SMARTS) is 1. The van der Waals surface area contributed by atoms with Gasteiger partial charge in [0.05, 0.1) is 10.8 Å². The first-order valence-electron chi connectivity index (χ1n) is 11.4. The summed E-state index contributed by atoms with van der Waals surface area (Å²) in [4.78, 5) is 37.2. The Morgan fingerprint density at radius 1 is 1.08 bits per heavy atom. The molecule has 200 valence electrons. The van der Waals surface area contributed by atoms with Crippen molar-refractivity contribution in [1.29, 1.82) is 0 Å². The number of piperazine rings is 1. The topological polar surface area (TPSA) is 133 Å². The van der Waals surface area contributed by atoms with Crippen LogP contribution in [0.5, 0.6) is 5.75 Å². The van der Waals surface area contributed by atoms with Gasteiger partial charge in [-0.15, -0.1) is 13.2 Å². The van der Waals surface area contributed by atoms with Crippen LogP contribution in [0.4, 0.5) is 13.2 Å². The molecule has 1 heterocycles. The highest BCUT2D eigenvalue weighted by Gasteiger charge is 2.41. The normalized spacial score (nSPS) is 23.7. The zero-order chi connectivity index (χ0) is 26.7. The standard InChI is InChI=1S/C22H28F3N3O7S/c1-14(29)27-10-11-28(36(33,34)18-8-6-17(7-9-18)35-22(23,24)25)19(13-27)20(30)26-12-15-2-4-16(5-3-15)21(31)32/h6-9,15-16,19H,2-5,10-13H2,1H3,(H,26,30)(H,31,32). The fraction of sp³-hybridized carbons (Fsp3) is 0.591. The Kier molecular flexibility index (Phi) is 8.49. The van der Waals surface area contributed by atoms with E-state index < -0.39 is 46.0 Å². The van der Waals surface area contributed by atoms with E-state index in [1.165, 1.54) is 11.8 Å². The quantitative estimate of drug-likeness (QED) is 0.544. The predicted molar refractivity (Wildman–Crippen MR) is 119 cm³/mol. The van der Waals surface area contributed by atoms with Crippen molar-refractivity contribution in [1.82, 2.24) is 14.5 Å². The van der Waals surface area contributed by atoms with Crippen molar-refractivity contribution in [3.05, 3.63) is 24.3 Å². The maximum absolute atomic E-state index is 13.3. The number of nitrogens with one attached hydrogen (secondary N) is 1. The summed E-state index contributed by atoms with van der Waals surface area (Å²) in [5.41, 5.74) is 0. The molecule has 0 spiro atoms. The summed E-state index contributed by atoms with van der Waals surface area (Å²) in [6.07, 6.45) is -2.73. The molecule has 1 aromatic rings. The SMILES string of the molecule is CC(=O)N1CCN(S(=O)(=O)c2ccc(OC(F)(F)F)cc2)C(C(=O)NCC2CCC(C(=O)O)CC2)C1. The molecule has 1 aliphatic heterocycles. The first kappa shape index (κ1) is 27.7. The average molecular weight is 536 g/mol. The molecule has 2 fully saturated rings. The van der Waals surface area contributed by atoms with Crippen LogP contribution in [-0.4, -0.2) is 79.1 Å². The molecule has 1 saturated carbocycles. The van der Waals surface area contributed by atoms with E-state index in [1.807, 2.05) is 0 Å². The van der Waals surface area contributed by atoms with Gasteiger partial charge in [-0.2, -0.15) is 4.31 Å². The number of nitrogens with zero attached hydrogens (tertiary/aromatic N) is 2. The van der Waals surface area contributed by atoms with Crippen LogP contribution in [0.15, 0.2) is 29.2 Å². The Hall–Kier alpha value is -2.87. The molecule has 1 saturated heterocycles. The van der Waals surface area contributed by atoms with Crippen LogP contribution < -0.4 is 10.1 Å². The van der Waals surface area contributed by atoms with Crippen molar-refractivity contribution in [3.63, 3.8) is 0 Å². The number of rotatable bonds is 7. The molecule has 14 heteroatoms. The number of alkyl halides is 3. The maximum Gasteiger partial charge on any atom is 0.573 e. The summed E-state index contributed by atoms with van der Waals surface area (Å²) in [5.74, 6) is -2.73. The minimum absolute atomic E-state index is 0.0447. The van der Waals surface area contributed by atoms with Crippen molar-refractivity contribution < 1.29 is 45.8 Å². The summed E-state index contributed by atoms with van der Waals surface area (Å²) < 4.78 is 68.6. The van der Waals surface area contributed by atoms with E-state index in [0.29, 0.717) is 25.7 Å². The minimum atomic E-state index is -4.93. The number of amides is 2. The highest BCUT2D eigenvalue weighted by molar-refractivity contribution is 7.89. The Balaban J connectivity index is 1.73. The fourth-order valence-electron chi connectivity index (χ4n) is 4.48. The lowest BCUT2D eigenvalue weighted by Crippen LogP contribution is -2.61. The summed E-state index contributed by atoms with van der Waals surface area (Å²) in [6.45, 7) is 1.23. The highest BCUT2D eigenvalue weighted by Crippen LogP contribution is 2.29. The number of hydrogen-bond donors (Lipinski definition) is 2. The lowest BCUT2D eigenvalue weighted by molar-refractivity contribution is -0.274. The molecule has 2 aliphatic rings. The van der Waals surface area contributed by atoms with E-state index in [0.717, 1.165) is 28.6 Å². The number of benzene rings is 1. The lowest BCUT2D eigenvalue weighted by Gasteiger charge is -2.39. The van der Waals surface area contributed by atoms with Crippen LogP contribution in [0.25, 0.3) is 0 Å². The molecule has 2 N–H and O–H groups in total. The molecule has 0 radical (unpaired) electrons. The summed E-state index contributed by atoms with van der Waals surface area (Å²) in [7, 11) is -4.29. The molecule has 36 heavy (non-hydrogen) atoms. The highest BCUT2D eigenvalue weighted by atomic mass is 32.2. The van der Waals surface area contributed by atoms with Crippen LogP contribution in [0, 0.1) is 11.8 Å². The van der Waals surface area contributed by atoms with Crippen LogP contribution in [0.1, 0.15) is 32.6 Å². The number of hydrogen-bond acceptors (Lipinski definition) is 6. The molecule has 10 nitrogen and oxygen atoms in total. The average Bonchev–Trinajstić information content (AvgIpc) is 2.81. The Morgan fingerprint density at radius 2 is 1.69 bits per heavy atom. The number of sulfonamides is 1.